The molecule has 0 bridgehead atoms. The third-order valence-corrected chi connectivity index (χ3v) is 4.16. The van der Waals surface area contributed by atoms with Gasteiger partial charge < -0.3 is 4.74 Å². The lowest BCUT2D eigenvalue weighted by molar-refractivity contribution is -0.144. The highest BCUT2D eigenvalue weighted by molar-refractivity contribution is 5.70. The standard InChI is InChI=1S/C17H25NO2/c1-4-20-17(19)12-16(18-9-5-6-10-18)15-8-7-13(2)14(3)11-15/h7-8,11,16H,4-6,9-10,12H2,1-3H3. The minimum absolute atomic E-state index is 0.0948. The van der Waals surface area contributed by atoms with Gasteiger partial charge in [-0.05, 0) is 63.4 Å². The van der Waals surface area contributed by atoms with Gasteiger partial charge in [-0.25, -0.2) is 0 Å². The number of carbonyl (C=O) groups excluding carboxylic acids is 1. The third kappa shape index (κ3) is 3.60. The van der Waals surface area contributed by atoms with Gasteiger partial charge in [0, 0.05) is 6.04 Å². The number of ether oxygens (including phenoxy) is 1. The Bertz CT molecular complexity index is 464. The second-order valence-electron chi connectivity index (χ2n) is 5.61. The van der Waals surface area contributed by atoms with Crippen molar-refractivity contribution in [1.29, 1.82) is 0 Å². The zero-order valence-corrected chi connectivity index (χ0v) is 12.8. The van der Waals surface area contributed by atoms with Crippen LogP contribution in [0.15, 0.2) is 18.2 Å². The highest BCUT2D eigenvalue weighted by Gasteiger charge is 2.26. The summed E-state index contributed by atoms with van der Waals surface area (Å²) in [6.45, 7) is 8.73. The lowest BCUT2D eigenvalue weighted by atomic mass is 9.98. The highest BCUT2D eigenvalue weighted by atomic mass is 16.5. The lowest BCUT2D eigenvalue weighted by Gasteiger charge is -2.27. The molecule has 1 atom stereocenters. The smallest absolute Gasteiger partial charge is 0.307 e. The third-order valence-electron chi connectivity index (χ3n) is 4.16. The molecule has 1 aromatic carbocycles. The zero-order valence-electron chi connectivity index (χ0n) is 12.8. The van der Waals surface area contributed by atoms with Crippen molar-refractivity contribution in [2.75, 3.05) is 19.7 Å². The van der Waals surface area contributed by atoms with Gasteiger partial charge in [-0.2, -0.15) is 0 Å². The summed E-state index contributed by atoms with van der Waals surface area (Å²) in [6.07, 6.45) is 2.91. The van der Waals surface area contributed by atoms with E-state index in [1.165, 1.54) is 29.5 Å². The van der Waals surface area contributed by atoms with Crippen molar-refractivity contribution in [1.82, 2.24) is 4.90 Å². The quantitative estimate of drug-likeness (QED) is 0.771. The molecule has 1 saturated heterocycles. The molecule has 0 radical (unpaired) electrons. The van der Waals surface area contributed by atoms with E-state index in [4.69, 9.17) is 4.74 Å². The maximum absolute atomic E-state index is 11.9. The average molecular weight is 275 g/mol. The Hall–Kier alpha value is -1.35. The Balaban J connectivity index is 2.20. The molecule has 1 unspecified atom stereocenters. The van der Waals surface area contributed by atoms with Crippen LogP contribution in [0.3, 0.4) is 0 Å². The summed E-state index contributed by atoms with van der Waals surface area (Å²) in [4.78, 5) is 14.3. The van der Waals surface area contributed by atoms with Crippen LogP contribution < -0.4 is 0 Å². The number of hydrogen-bond donors (Lipinski definition) is 0. The maximum Gasteiger partial charge on any atom is 0.307 e. The number of benzene rings is 1. The van der Waals surface area contributed by atoms with Gasteiger partial charge in [0.15, 0.2) is 0 Å². The number of rotatable bonds is 5. The van der Waals surface area contributed by atoms with E-state index in [0.717, 1.165) is 13.1 Å². The Morgan fingerprint density at radius 2 is 1.95 bits per heavy atom. The minimum atomic E-state index is -0.0948. The van der Waals surface area contributed by atoms with E-state index >= 15 is 0 Å². The lowest BCUT2D eigenvalue weighted by Crippen LogP contribution is -2.28. The van der Waals surface area contributed by atoms with Gasteiger partial charge in [-0.15, -0.1) is 0 Å². The van der Waals surface area contributed by atoms with Gasteiger partial charge in [0.2, 0.25) is 0 Å². The first kappa shape index (κ1) is 15.0. The molecular weight excluding hydrogens is 250 g/mol. The number of likely N-dealkylation sites (tertiary alicyclic amines) is 1. The molecule has 1 heterocycles. The van der Waals surface area contributed by atoms with Crippen LogP contribution in [0.4, 0.5) is 0 Å². The summed E-state index contributed by atoms with van der Waals surface area (Å²) < 4.78 is 5.14. The largest absolute Gasteiger partial charge is 0.466 e. The number of nitrogens with zero attached hydrogens (tertiary/aromatic N) is 1. The predicted molar refractivity (Wildman–Crippen MR) is 80.7 cm³/mol. The molecule has 0 saturated carbocycles. The van der Waals surface area contributed by atoms with Crippen molar-refractivity contribution < 1.29 is 9.53 Å². The summed E-state index contributed by atoms with van der Waals surface area (Å²) in [5.74, 6) is -0.0948. The van der Waals surface area contributed by atoms with E-state index in [2.05, 4.69) is 36.9 Å². The van der Waals surface area contributed by atoms with Crippen LogP contribution in [-0.4, -0.2) is 30.6 Å². The molecule has 3 heteroatoms. The normalized spacial score (nSPS) is 17.1. The van der Waals surface area contributed by atoms with Gasteiger partial charge in [0.25, 0.3) is 0 Å². The maximum atomic E-state index is 11.9. The van der Waals surface area contributed by atoms with Crippen molar-refractivity contribution >= 4 is 5.97 Å². The number of carbonyl (C=O) groups is 1. The van der Waals surface area contributed by atoms with E-state index in [1.54, 1.807) is 0 Å². The molecule has 20 heavy (non-hydrogen) atoms. The first-order chi connectivity index (χ1) is 9.61. The van der Waals surface area contributed by atoms with Crippen LogP contribution >= 0.6 is 0 Å². The van der Waals surface area contributed by atoms with Crippen molar-refractivity contribution in [2.45, 2.75) is 46.1 Å². The van der Waals surface area contributed by atoms with Crippen LogP contribution in [-0.2, 0) is 9.53 Å². The fourth-order valence-electron chi connectivity index (χ4n) is 2.86. The molecule has 2 rings (SSSR count). The first-order valence-corrected chi connectivity index (χ1v) is 7.58. The molecule has 0 aliphatic carbocycles. The van der Waals surface area contributed by atoms with Crippen LogP contribution in [0.5, 0.6) is 0 Å². The minimum Gasteiger partial charge on any atom is -0.466 e. The molecule has 1 fully saturated rings. The summed E-state index contributed by atoms with van der Waals surface area (Å²) in [6, 6.07) is 6.69. The Morgan fingerprint density at radius 1 is 1.25 bits per heavy atom. The van der Waals surface area contributed by atoms with Gasteiger partial charge >= 0.3 is 5.97 Å². The number of hydrogen-bond acceptors (Lipinski definition) is 3. The molecule has 110 valence electrons. The molecule has 3 nitrogen and oxygen atoms in total. The van der Waals surface area contributed by atoms with E-state index in [0.29, 0.717) is 13.0 Å². The monoisotopic (exact) mass is 275 g/mol. The fraction of sp³-hybridized carbons (Fsp3) is 0.588. The average Bonchev–Trinajstić information content (AvgIpc) is 2.93. The van der Waals surface area contributed by atoms with Crippen molar-refractivity contribution in [3.63, 3.8) is 0 Å². The van der Waals surface area contributed by atoms with Gasteiger partial charge in [0.1, 0.15) is 0 Å². The van der Waals surface area contributed by atoms with Gasteiger partial charge in [0.05, 0.1) is 13.0 Å². The first-order valence-electron chi connectivity index (χ1n) is 7.58. The molecule has 0 spiro atoms. The molecule has 0 amide bonds. The summed E-state index contributed by atoms with van der Waals surface area (Å²) in [5, 5.41) is 0. The van der Waals surface area contributed by atoms with Crippen LogP contribution in [0.2, 0.25) is 0 Å². The van der Waals surface area contributed by atoms with E-state index in [-0.39, 0.29) is 12.0 Å². The number of aryl methyl sites for hydroxylation is 2. The predicted octanol–water partition coefficient (Wildman–Crippen LogP) is 3.39. The molecule has 0 N–H and O–H groups in total. The zero-order chi connectivity index (χ0) is 14.5. The summed E-state index contributed by atoms with van der Waals surface area (Å²) in [5.41, 5.74) is 3.82. The van der Waals surface area contributed by atoms with Crippen molar-refractivity contribution in [2.24, 2.45) is 0 Å². The van der Waals surface area contributed by atoms with Crippen LogP contribution in [0, 0.1) is 13.8 Å². The molecule has 1 aliphatic heterocycles. The summed E-state index contributed by atoms with van der Waals surface area (Å²) in [7, 11) is 0. The molecule has 1 aromatic rings. The summed E-state index contributed by atoms with van der Waals surface area (Å²) >= 11 is 0. The van der Waals surface area contributed by atoms with E-state index in [1.807, 2.05) is 6.92 Å². The van der Waals surface area contributed by atoms with Crippen LogP contribution in [0.25, 0.3) is 0 Å². The Kier molecular flexibility index (Phi) is 5.18. The molecule has 1 aliphatic rings. The Morgan fingerprint density at radius 3 is 2.55 bits per heavy atom. The molecule has 0 aromatic heterocycles. The topological polar surface area (TPSA) is 29.5 Å². The van der Waals surface area contributed by atoms with Crippen LogP contribution in [0.1, 0.15) is 48.9 Å². The van der Waals surface area contributed by atoms with Gasteiger partial charge in [-0.3, -0.25) is 9.69 Å². The highest BCUT2D eigenvalue weighted by Crippen LogP contribution is 2.29. The molecular formula is C17H25NO2. The van der Waals surface area contributed by atoms with Gasteiger partial charge in [-0.1, -0.05) is 18.2 Å². The van der Waals surface area contributed by atoms with E-state index in [9.17, 15) is 4.79 Å². The van der Waals surface area contributed by atoms with Crippen molar-refractivity contribution in [3.05, 3.63) is 34.9 Å². The number of esters is 1. The second kappa shape index (κ2) is 6.89. The SMILES string of the molecule is CCOC(=O)CC(c1ccc(C)c(C)c1)N1CCCC1. The second-order valence-corrected chi connectivity index (χ2v) is 5.61. The van der Waals surface area contributed by atoms with Crippen molar-refractivity contribution in [3.8, 4) is 0 Å². The Labute approximate surface area is 121 Å². The fourth-order valence-corrected chi connectivity index (χ4v) is 2.86. The van der Waals surface area contributed by atoms with E-state index < -0.39 is 0 Å².